The zero-order valence-corrected chi connectivity index (χ0v) is 35.3. The van der Waals surface area contributed by atoms with Crippen LogP contribution in [0.3, 0.4) is 0 Å². The lowest BCUT2D eigenvalue weighted by atomic mass is 10.0. The molecule has 9 aromatic carbocycles. The second-order valence-corrected chi connectivity index (χ2v) is 16.7. The second-order valence-electron chi connectivity index (χ2n) is 16.7. The quantitative estimate of drug-likeness (QED) is 0.143. The molecule has 0 spiro atoms. The molecule has 65 heavy (non-hydrogen) atoms. The minimum Gasteiger partial charge on any atom is -0.454 e. The van der Waals surface area contributed by atoms with Crippen molar-refractivity contribution >= 4 is 43.6 Å². The molecule has 0 unspecified atom stereocenters. The summed E-state index contributed by atoms with van der Waals surface area (Å²) in [5, 5.41) is 4.70. The van der Waals surface area contributed by atoms with E-state index in [4.69, 9.17) is 9.47 Å². The van der Waals surface area contributed by atoms with E-state index in [-0.39, 0.29) is 0 Å². The van der Waals surface area contributed by atoms with Crippen molar-refractivity contribution < 1.29 is 14.0 Å². The lowest BCUT2D eigenvalue weighted by molar-refractivity contribution is -0.672. The van der Waals surface area contributed by atoms with Gasteiger partial charge in [-0.15, -0.1) is 0 Å². The summed E-state index contributed by atoms with van der Waals surface area (Å²) in [5.41, 5.74) is 13.8. The lowest BCUT2D eigenvalue weighted by Crippen LogP contribution is -2.31. The second kappa shape index (κ2) is 15.0. The van der Waals surface area contributed by atoms with Gasteiger partial charge in [0.05, 0.1) is 39.0 Å². The van der Waals surface area contributed by atoms with E-state index < -0.39 is 0 Å². The van der Waals surface area contributed by atoms with Gasteiger partial charge in [0, 0.05) is 56.4 Å². The SMILES string of the molecule is c1ccc(-c2cccc(-n3c4ccccc4c4ccccc43)c2Oc2cc(-c3ccccc3)c(Oc3ccc4c(c3)-c3cccc[n+]3C4)c(-n3c4ccccc4c4ccccc43)c2)cc1. The number of ether oxygens (including phenoxy) is 2. The molecule has 1 aliphatic rings. The van der Waals surface area contributed by atoms with Gasteiger partial charge in [-0.3, -0.25) is 0 Å². The molecule has 0 radical (unpaired) electrons. The largest absolute Gasteiger partial charge is 0.454 e. The maximum atomic E-state index is 7.55. The third-order valence-electron chi connectivity index (χ3n) is 12.9. The molecule has 13 rings (SSSR count). The maximum Gasteiger partial charge on any atom is 0.213 e. The van der Waals surface area contributed by atoms with Crippen molar-refractivity contribution in [2.45, 2.75) is 6.54 Å². The summed E-state index contributed by atoms with van der Waals surface area (Å²) in [6, 6.07) is 79.2. The van der Waals surface area contributed by atoms with Crippen LogP contribution in [0.15, 0.2) is 231 Å². The monoisotopic (exact) mass is 834 g/mol. The maximum absolute atomic E-state index is 7.55. The van der Waals surface area contributed by atoms with Crippen molar-refractivity contribution in [2.24, 2.45) is 0 Å². The number of rotatable bonds is 8. The number of aromatic nitrogens is 3. The average molecular weight is 835 g/mol. The predicted molar refractivity (Wildman–Crippen MR) is 264 cm³/mol. The van der Waals surface area contributed by atoms with Crippen LogP contribution >= 0.6 is 0 Å². The van der Waals surface area contributed by atoms with E-state index >= 15 is 0 Å². The van der Waals surface area contributed by atoms with Crippen molar-refractivity contribution in [1.29, 1.82) is 0 Å². The first-order valence-corrected chi connectivity index (χ1v) is 22.1. The van der Waals surface area contributed by atoms with E-state index in [0.29, 0.717) is 5.75 Å². The van der Waals surface area contributed by atoms with E-state index in [1.165, 1.54) is 27.6 Å². The molecule has 306 valence electrons. The molecule has 0 aliphatic carbocycles. The summed E-state index contributed by atoms with van der Waals surface area (Å²) in [4.78, 5) is 0. The van der Waals surface area contributed by atoms with Crippen LogP contribution in [0.1, 0.15) is 5.56 Å². The van der Waals surface area contributed by atoms with Crippen molar-refractivity contribution in [3.63, 3.8) is 0 Å². The van der Waals surface area contributed by atoms with Crippen LogP contribution in [0, 0.1) is 0 Å². The topological polar surface area (TPSA) is 32.2 Å². The van der Waals surface area contributed by atoms with E-state index in [2.05, 4.69) is 244 Å². The number of para-hydroxylation sites is 5. The molecular formula is C60H40N3O2+. The first-order valence-electron chi connectivity index (χ1n) is 22.1. The number of fused-ring (bicyclic) bond motifs is 9. The molecule has 0 fully saturated rings. The minimum atomic E-state index is 0.678. The van der Waals surface area contributed by atoms with Gasteiger partial charge >= 0.3 is 0 Å². The molecule has 1 aliphatic heterocycles. The summed E-state index contributed by atoms with van der Waals surface area (Å²) in [6.07, 6.45) is 2.14. The zero-order valence-electron chi connectivity index (χ0n) is 35.3. The Kier molecular flexibility index (Phi) is 8.53. The number of nitrogens with zero attached hydrogens (tertiary/aromatic N) is 3. The number of pyridine rings is 1. The number of hydrogen-bond acceptors (Lipinski definition) is 2. The van der Waals surface area contributed by atoms with E-state index in [1.807, 2.05) is 0 Å². The van der Waals surface area contributed by atoms with Crippen molar-refractivity contribution in [3.05, 3.63) is 236 Å². The fourth-order valence-corrected chi connectivity index (χ4v) is 10.0. The fourth-order valence-electron chi connectivity index (χ4n) is 10.0. The van der Waals surface area contributed by atoms with E-state index in [1.54, 1.807) is 0 Å². The lowest BCUT2D eigenvalue weighted by Gasteiger charge is -2.22. The fraction of sp³-hybridized carbons (Fsp3) is 0.0167. The highest BCUT2D eigenvalue weighted by Crippen LogP contribution is 2.48. The third kappa shape index (κ3) is 6.05. The average Bonchev–Trinajstić information content (AvgIpc) is 4.03. The molecule has 4 heterocycles. The van der Waals surface area contributed by atoms with Crippen LogP contribution in [0.25, 0.3) is 88.5 Å². The van der Waals surface area contributed by atoms with Crippen molar-refractivity contribution in [2.75, 3.05) is 0 Å². The standard InChI is InChI=1S/C60H40N3O2/c1-3-18-40(19-4-1)45-26-17-32-57(62-53-28-11-7-22-46(53)47-23-8-12-29-54(47)62)59(45)65-44-37-51(41-20-5-2-6-21-41)60(64-43-34-33-42-39-61-35-16-15-27-52(61)50(42)36-43)58(38-44)63-55-30-13-9-24-48(55)49-25-10-14-31-56(49)63/h1-38H,39H2/q+1. The Morgan fingerprint density at radius 2 is 0.846 bits per heavy atom. The highest BCUT2D eigenvalue weighted by atomic mass is 16.5. The summed E-state index contributed by atoms with van der Waals surface area (Å²) in [6.45, 7) is 0.834. The Morgan fingerprint density at radius 3 is 1.46 bits per heavy atom. The molecule has 0 bridgehead atoms. The Morgan fingerprint density at radius 1 is 0.354 bits per heavy atom. The third-order valence-corrected chi connectivity index (χ3v) is 12.9. The highest BCUT2D eigenvalue weighted by molar-refractivity contribution is 6.10. The van der Waals surface area contributed by atoms with Gasteiger partial charge in [-0.05, 0) is 71.8 Å². The van der Waals surface area contributed by atoms with Gasteiger partial charge in [0.2, 0.25) is 5.69 Å². The van der Waals surface area contributed by atoms with Gasteiger partial charge in [-0.1, -0.05) is 146 Å². The summed E-state index contributed by atoms with van der Waals surface area (Å²) >= 11 is 0. The minimum absolute atomic E-state index is 0.678. The summed E-state index contributed by atoms with van der Waals surface area (Å²) < 4.78 is 21.9. The number of benzene rings is 9. The highest BCUT2D eigenvalue weighted by Gasteiger charge is 2.28. The smallest absolute Gasteiger partial charge is 0.213 e. The van der Waals surface area contributed by atoms with Crippen molar-refractivity contribution in [3.8, 4) is 67.9 Å². The van der Waals surface area contributed by atoms with Crippen LogP contribution in [0.2, 0.25) is 0 Å². The van der Waals surface area contributed by atoms with Crippen molar-refractivity contribution in [1.82, 2.24) is 9.13 Å². The van der Waals surface area contributed by atoms with Gasteiger partial charge in [-0.2, -0.15) is 4.57 Å². The molecule has 0 N–H and O–H groups in total. The Hall–Kier alpha value is -8.67. The molecule has 12 aromatic rings. The van der Waals surface area contributed by atoms with Gasteiger partial charge in [0.1, 0.15) is 11.5 Å². The normalized spacial score (nSPS) is 11.9. The van der Waals surface area contributed by atoms with Gasteiger partial charge < -0.3 is 18.6 Å². The van der Waals surface area contributed by atoms with Gasteiger partial charge in [0.25, 0.3) is 0 Å². The van der Waals surface area contributed by atoms with Crippen LogP contribution in [0.5, 0.6) is 23.0 Å². The van der Waals surface area contributed by atoms with E-state index in [0.717, 1.165) is 90.3 Å². The van der Waals surface area contributed by atoms with Crippen LogP contribution in [0.4, 0.5) is 0 Å². The molecule has 0 saturated heterocycles. The van der Waals surface area contributed by atoms with Crippen LogP contribution < -0.4 is 14.0 Å². The first kappa shape index (κ1) is 36.9. The summed E-state index contributed by atoms with van der Waals surface area (Å²) in [5.74, 6) is 2.92. The summed E-state index contributed by atoms with van der Waals surface area (Å²) in [7, 11) is 0. The van der Waals surface area contributed by atoms with Gasteiger partial charge in [-0.25, -0.2) is 0 Å². The molecule has 0 amide bonds. The van der Waals surface area contributed by atoms with Crippen LogP contribution in [-0.4, -0.2) is 9.13 Å². The first-order chi connectivity index (χ1) is 32.2. The predicted octanol–water partition coefficient (Wildman–Crippen LogP) is 15.1. The van der Waals surface area contributed by atoms with E-state index in [9.17, 15) is 0 Å². The molecule has 0 saturated carbocycles. The molecule has 5 nitrogen and oxygen atoms in total. The Bertz CT molecular complexity index is 3700. The number of hydrogen-bond donors (Lipinski definition) is 0. The molecule has 5 heteroatoms. The Balaban J connectivity index is 1.09. The zero-order chi connectivity index (χ0) is 42.8. The van der Waals surface area contributed by atoms with Crippen LogP contribution in [-0.2, 0) is 6.54 Å². The molecule has 0 atom stereocenters. The Labute approximate surface area is 375 Å². The molecular weight excluding hydrogens is 795 g/mol. The van der Waals surface area contributed by atoms with Gasteiger partial charge in [0.15, 0.2) is 24.2 Å². The molecule has 3 aromatic heterocycles.